The van der Waals surface area contributed by atoms with Gasteiger partial charge in [0.2, 0.25) is 5.88 Å². The first kappa shape index (κ1) is 48.5. The average molecular weight is 1000 g/mol. The Hall–Kier alpha value is -5.75. The molecule has 4 saturated heterocycles. The van der Waals surface area contributed by atoms with Crippen LogP contribution in [-0.4, -0.2) is 105 Å². The molecule has 1 amide bonds. The number of aromatic amines is 1. The third kappa shape index (κ3) is 9.41. The van der Waals surface area contributed by atoms with E-state index in [4.69, 9.17) is 19.2 Å². The van der Waals surface area contributed by atoms with Crippen LogP contribution in [-0.2, 0) is 19.5 Å². The number of hydrogen-bond donors (Lipinski definition) is 3. The molecule has 5 fully saturated rings. The second-order valence-electron chi connectivity index (χ2n) is 22.4. The molecular formula is C55H68N8O8S. The van der Waals surface area contributed by atoms with Crippen LogP contribution in [0, 0.1) is 26.9 Å². The number of fused-ring (bicyclic) bond motifs is 3. The lowest BCUT2D eigenvalue weighted by molar-refractivity contribution is -0.384. The number of rotatable bonds is 12. The number of aromatic nitrogens is 2. The molecule has 72 heavy (non-hydrogen) atoms. The van der Waals surface area contributed by atoms with Crippen LogP contribution in [0.25, 0.3) is 11.0 Å². The van der Waals surface area contributed by atoms with E-state index in [9.17, 15) is 23.3 Å². The summed E-state index contributed by atoms with van der Waals surface area (Å²) < 4.78 is 48.5. The van der Waals surface area contributed by atoms with Gasteiger partial charge in [0.15, 0.2) is 0 Å². The van der Waals surface area contributed by atoms with Gasteiger partial charge in [-0.05, 0) is 141 Å². The number of pyridine rings is 1. The largest absolute Gasteiger partial charge is 0.468 e. The van der Waals surface area contributed by atoms with E-state index < -0.39 is 37.5 Å². The number of nitro benzene ring substituents is 1. The molecule has 2 aromatic heterocycles. The highest BCUT2D eigenvalue weighted by Crippen LogP contribution is 2.55. The van der Waals surface area contributed by atoms with E-state index in [0.29, 0.717) is 79.3 Å². The summed E-state index contributed by atoms with van der Waals surface area (Å²) >= 11 is 0. The Labute approximate surface area is 422 Å². The Morgan fingerprint density at radius 1 is 0.917 bits per heavy atom. The third-order valence-electron chi connectivity index (χ3n) is 17.0. The molecule has 16 nitrogen and oxygen atoms in total. The van der Waals surface area contributed by atoms with E-state index in [1.807, 2.05) is 35.4 Å². The number of likely N-dealkylation sites (tertiary alicyclic amines) is 1. The van der Waals surface area contributed by atoms with Crippen molar-refractivity contribution in [3.63, 3.8) is 0 Å². The summed E-state index contributed by atoms with van der Waals surface area (Å²) in [6, 6.07) is 22.9. The number of sulfonamides is 1. The smallest absolute Gasteiger partial charge is 0.293 e. The van der Waals surface area contributed by atoms with E-state index in [1.54, 1.807) is 6.07 Å². The van der Waals surface area contributed by atoms with E-state index in [0.717, 1.165) is 62.5 Å². The number of piperidine rings is 1. The number of amides is 1. The lowest BCUT2D eigenvalue weighted by Gasteiger charge is -2.57. The standard InChI is InChI=1S/C55H68N8O8S/c1-35(2)41-7-5-6-8-42(41)45-13-17-54(3,4)18-24-61(45)39-30-55(31-39)19-22-60(23-20-55)38-9-11-43(46(28-38)62-48-27-37-14-21-56-51(37)58-53(48)71-50-34-70-33-49(50)62)52(64)59-72(67,68)40-10-12-44(47(29-40)63(65)66)57-32-36-15-25-69-26-16-36/h5-12,14,21,27-29,35-36,39,45,49-50,57H,13,15-20,22-26,30-34H2,1-4H3,(H,56,58)(H,59,64)/t45-,49+,50+/m0/s1. The second kappa shape index (κ2) is 19.3. The maximum atomic E-state index is 14.7. The Kier molecular flexibility index (Phi) is 13.0. The second-order valence-corrected chi connectivity index (χ2v) is 24.1. The van der Waals surface area contributed by atoms with E-state index in [1.165, 1.54) is 55.4 Å². The van der Waals surface area contributed by atoms with Crippen molar-refractivity contribution in [3.8, 4) is 5.88 Å². The molecule has 0 bridgehead atoms. The van der Waals surface area contributed by atoms with Gasteiger partial charge in [-0.15, -0.1) is 0 Å². The van der Waals surface area contributed by atoms with Gasteiger partial charge in [0.25, 0.3) is 21.6 Å². The van der Waals surface area contributed by atoms with Gasteiger partial charge >= 0.3 is 0 Å². The zero-order valence-corrected chi connectivity index (χ0v) is 42.7. The Morgan fingerprint density at radius 2 is 1.71 bits per heavy atom. The summed E-state index contributed by atoms with van der Waals surface area (Å²) in [4.78, 5) is 41.3. The summed E-state index contributed by atoms with van der Waals surface area (Å²) in [6.07, 6.45) is 11.1. The van der Waals surface area contributed by atoms with E-state index in [2.05, 4.69) is 76.8 Å². The van der Waals surface area contributed by atoms with Crippen molar-refractivity contribution < 1.29 is 32.3 Å². The first-order chi connectivity index (χ1) is 34.6. The number of H-pyrrole nitrogens is 1. The molecule has 1 saturated carbocycles. The molecule has 3 N–H and O–H groups in total. The predicted molar refractivity (Wildman–Crippen MR) is 278 cm³/mol. The van der Waals surface area contributed by atoms with Gasteiger partial charge < -0.3 is 34.3 Å². The van der Waals surface area contributed by atoms with Crippen LogP contribution in [0.15, 0.2) is 83.9 Å². The molecule has 3 aromatic carbocycles. The average Bonchev–Trinajstić information content (AvgIpc) is 4.00. The third-order valence-corrected chi connectivity index (χ3v) is 18.3. The first-order valence-corrected chi connectivity index (χ1v) is 27.6. The van der Waals surface area contributed by atoms with Crippen LogP contribution >= 0.6 is 0 Å². The summed E-state index contributed by atoms with van der Waals surface area (Å²) in [5.74, 6) is 0.244. The van der Waals surface area contributed by atoms with Crippen molar-refractivity contribution in [2.45, 2.75) is 121 Å². The highest BCUT2D eigenvalue weighted by atomic mass is 32.2. The minimum Gasteiger partial charge on any atom is -0.468 e. The minimum absolute atomic E-state index is 0.115. The van der Waals surface area contributed by atoms with Crippen LogP contribution in [0.4, 0.5) is 28.4 Å². The zero-order chi connectivity index (χ0) is 49.9. The number of nitrogens with zero attached hydrogens (tertiary/aromatic N) is 5. The van der Waals surface area contributed by atoms with E-state index >= 15 is 0 Å². The predicted octanol–water partition coefficient (Wildman–Crippen LogP) is 9.85. The molecule has 6 aliphatic rings. The van der Waals surface area contributed by atoms with Gasteiger partial charge in [0.1, 0.15) is 23.1 Å². The lowest BCUT2D eigenvalue weighted by Crippen LogP contribution is -2.56. The van der Waals surface area contributed by atoms with E-state index in [-0.39, 0.29) is 28.6 Å². The van der Waals surface area contributed by atoms with Gasteiger partial charge in [-0.25, -0.2) is 13.1 Å². The van der Waals surface area contributed by atoms with Crippen LogP contribution < -0.4 is 24.6 Å². The Morgan fingerprint density at radius 3 is 2.49 bits per heavy atom. The summed E-state index contributed by atoms with van der Waals surface area (Å²) in [7, 11) is -4.60. The molecule has 382 valence electrons. The van der Waals surface area contributed by atoms with Gasteiger partial charge in [0, 0.05) is 68.3 Å². The highest BCUT2D eigenvalue weighted by Gasteiger charge is 2.50. The van der Waals surface area contributed by atoms with Gasteiger partial charge in [-0.2, -0.15) is 4.98 Å². The molecule has 17 heteroatoms. The van der Waals surface area contributed by atoms with Gasteiger partial charge in [-0.1, -0.05) is 52.0 Å². The number of carbonyl (C=O) groups excluding carboxylic acids is 1. The quantitative estimate of drug-likeness (QED) is 0.0794. The minimum atomic E-state index is -4.60. The fourth-order valence-electron chi connectivity index (χ4n) is 12.6. The molecule has 3 atom stereocenters. The van der Waals surface area contributed by atoms with Crippen molar-refractivity contribution in [1.82, 2.24) is 19.6 Å². The number of ether oxygens (including phenoxy) is 3. The lowest BCUT2D eigenvalue weighted by atomic mass is 9.59. The fraction of sp³-hybridized carbons (Fsp3) is 0.527. The van der Waals surface area contributed by atoms with Crippen molar-refractivity contribution in [2.75, 3.05) is 67.7 Å². The number of nitro groups is 1. The molecule has 1 aliphatic carbocycles. The maximum absolute atomic E-state index is 14.7. The summed E-state index contributed by atoms with van der Waals surface area (Å²) in [5, 5.41) is 16.3. The SMILES string of the molecule is CC(C)c1ccccc1[C@@H]1CCC(C)(C)CCN1C1CC2(CCN(c3ccc(C(=O)NS(=O)(=O)c4ccc(NCC5CCOCC5)c([N+](=O)[O-])c4)c(N4c5cc6cc[nH]c6nc5O[C@@H]5COC[C@H]54)c3)CC2)C1. The fourth-order valence-corrected chi connectivity index (χ4v) is 13.6. The van der Waals surface area contributed by atoms with Gasteiger partial charge in [0.05, 0.1) is 40.3 Å². The van der Waals surface area contributed by atoms with Crippen LogP contribution in [0.2, 0.25) is 0 Å². The summed E-state index contributed by atoms with van der Waals surface area (Å²) in [5.41, 5.74) is 6.17. The first-order valence-electron chi connectivity index (χ1n) is 26.1. The zero-order valence-electron chi connectivity index (χ0n) is 41.9. The summed E-state index contributed by atoms with van der Waals surface area (Å²) in [6.45, 7) is 14.7. The molecule has 0 radical (unpaired) electrons. The van der Waals surface area contributed by atoms with Gasteiger partial charge in [-0.3, -0.25) is 19.8 Å². The number of nitrogens with one attached hydrogen (secondary N) is 3. The van der Waals surface area contributed by atoms with Crippen molar-refractivity contribution >= 4 is 55.4 Å². The molecule has 5 aliphatic heterocycles. The van der Waals surface area contributed by atoms with Crippen LogP contribution in [0.3, 0.4) is 0 Å². The number of carbonyl (C=O) groups is 1. The van der Waals surface area contributed by atoms with Crippen molar-refractivity contribution in [1.29, 1.82) is 0 Å². The monoisotopic (exact) mass is 1000 g/mol. The molecule has 0 unspecified atom stereocenters. The number of benzene rings is 3. The number of hydrogen-bond acceptors (Lipinski definition) is 13. The Balaban J connectivity index is 0.867. The Bertz CT molecular complexity index is 2960. The van der Waals surface area contributed by atoms with Crippen LogP contribution in [0.5, 0.6) is 5.88 Å². The normalized spacial score (nSPS) is 23.5. The van der Waals surface area contributed by atoms with Crippen LogP contribution in [0.1, 0.15) is 119 Å². The molecule has 7 heterocycles. The highest BCUT2D eigenvalue weighted by molar-refractivity contribution is 7.90. The number of anilines is 4. The maximum Gasteiger partial charge on any atom is 0.293 e. The topological polar surface area (TPSA) is 184 Å². The molecule has 1 spiro atoms. The molecular weight excluding hydrogens is 933 g/mol. The van der Waals surface area contributed by atoms with Crippen molar-refractivity contribution in [3.05, 3.63) is 106 Å². The molecule has 11 rings (SSSR count). The molecule has 5 aromatic rings. The van der Waals surface area contributed by atoms with Crippen molar-refractivity contribution in [2.24, 2.45) is 16.7 Å².